The third kappa shape index (κ3) is 2.66. The van der Waals surface area contributed by atoms with Crippen LogP contribution >= 0.6 is 11.8 Å². The number of hydrogen-bond acceptors (Lipinski definition) is 2. The SMILES string of the molecule is c1cc(-c2nc3cccc4c3n2-c2ccccc2S4)cc(-n2c3ccccc3c3ccccc32)c1. The molecule has 3 heterocycles. The first-order valence-electron chi connectivity index (χ1n) is 11.7. The summed E-state index contributed by atoms with van der Waals surface area (Å²) in [5, 5.41) is 2.54. The molecule has 0 N–H and O–H groups in total. The molecule has 3 nitrogen and oxygen atoms in total. The zero-order valence-electron chi connectivity index (χ0n) is 18.7. The number of rotatable bonds is 2. The molecule has 0 radical (unpaired) electrons. The second-order valence-electron chi connectivity index (χ2n) is 8.88. The predicted molar refractivity (Wildman–Crippen MR) is 145 cm³/mol. The van der Waals surface area contributed by atoms with Gasteiger partial charge in [-0.3, -0.25) is 4.57 Å². The monoisotopic (exact) mass is 465 g/mol. The van der Waals surface area contributed by atoms with Crippen LogP contribution in [-0.2, 0) is 0 Å². The molecule has 0 unspecified atom stereocenters. The van der Waals surface area contributed by atoms with E-state index >= 15 is 0 Å². The Bertz CT molecular complexity index is 1890. The molecular weight excluding hydrogens is 446 g/mol. The van der Waals surface area contributed by atoms with E-state index in [9.17, 15) is 0 Å². The molecule has 0 saturated heterocycles. The summed E-state index contributed by atoms with van der Waals surface area (Å²) in [7, 11) is 0. The van der Waals surface area contributed by atoms with Gasteiger partial charge in [-0.05, 0) is 48.5 Å². The molecule has 1 aliphatic heterocycles. The van der Waals surface area contributed by atoms with Crippen LogP contribution in [-0.4, -0.2) is 14.1 Å². The summed E-state index contributed by atoms with van der Waals surface area (Å²) >= 11 is 1.82. The van der Waals surface area contributed by atoms with Gasteiger partial charge < -0.3 is 4.57 Å². The van der Waals surface area contributed by atoms with E-state index in [1.807, 2.05) is 11.8 Å². The molecular formula is C31H19N3S. The van der Waals surface area contributed by atoms with Crippen molar-refractivity contribution >= 4 is 44.6 Å². The van der Waals surface area contributed by atoms with Gasteiger partial charge in [0.25, 0.3) is 0 Å². The summed E-state index contributed by atoms with van der Waals surface area (Å²) in [5.41, 5.74) is 8.08. The molecule has 1 aliphatic rings. The van der Waals surface area contributed by atoms with Gasteiger partial charge >= 0.3 is 0 Å². The van der Waals surface area contributed by atoms with E-state index in [0.717, 1.165) is 22.6 Å². The molecule has 0 amide bonds. The topological polar surface area (TPSA) is 22.8 Å². The molecule has 5 aromatic carbocycles. The van der Waals surface area contributed by atoms with Crippen LogP contribution in [0.3, 0.4) is 0 Å². The van der Waals surface area contributed by atoms with Crippen LogP contribution in [0.15, 0.2) is 125 Å². The Labute approximate surface area is 206 Å². The molecule has 7 aromatic rings. The molecule has 0 fully saturated rings. The summed E-state index contributed by atoms with van der Waals surface area (Å²) in [5.74, 6) is 0.975. The fourth-order valence-electron chi connectivity index (χ4n) is 5.44. The second kappa shape index (κ2) is 7.11. The van der Waals surface area contributed by atoms with Crippen molar-refractivity contribution in [2.24, 2.45) is 0 Å². The lowest BCUT2D eigenvalue weighted by molar-refractivity contribution is 1.04. The van der Waals surface area contributed by atoms with Gasteiger partial charge in [-0.1, -0.05) is 78.5 Å². The van der Waals surface area contributed by atoms with E-state index < -0.39 is 0 Å². The van der Waals surface area contributed by atoms with Crippen molar-refractivity contribution in [1.29, 1.82) is 0 Å². The Morgan fingerprint density at radius 3 is 2.09 bits per heavy atom. The average molecular weight is 466 g/mol. The Kier molecular flexibility index (Phi) is 3.87. The summed E-state index contributed by atoms with van der Waals surface area (Å²) in [6.07, 6.45) is 0. The van der Waals surface area contributed by atoms with Crippen molar-refractivity contribution < 1.29 is 0 Å². The van der Waals surface area contributed by atoms with Crippen molar-refractivity contribution in [3.8, 4) is 22.8 Å². The highest BCUT2D eigenvalue weighted by Crippen LogP contribution is 2.45. The van der Waals surface area contributed by atoms with Gasteiger partial charge in [0, 0.05) is 31.8 Å². The quantitative estimate of drug-likeness (QED) is 0.256. The number of fused-ring (bicyclic) bond motifs is 5. The van der Waals surface area contributed by atoms with Gasteiger partial charge in [-0.25, -0.2) is 4.98 Å². The van der Waals surface area contributed by atoms with Crippen molar-refractivity contribution in [3.05, 3.63) is 115 Å². The second-order valence-corrected chi connectivity index (χ2v) is 9.97. The number of nitrogens with zero attached hydrogens (tertiary/aromatic N) is 3. The van der Waals surface area contributed by atoms with E-state index in [4.69, 9.17) is 4.98 Å². The third-order valence-electron chi connectivity index (χ3n) is 6.91. The van der Waals surface area contributed by atoms with Gasteiger partial charge in [-0.15, -0.1) is 0 Å². The van der Waals surface area contributed by atoms with Crippen molar-refractivity contribution in [3.63, 3.8) is 0 Å². The first-order chi connectivity index (χ1) is 17.4. The van der Waals surface area contributed by atoms with Gasteiger partial charge in [0.1, 0.15) is 5.82 Å². The lowest BCUT2D eigenvalue weighted by Crippen LogP contribution is -2.04. The molecule has 0 bridgehead atoms. The molecule has 35 heavy (non-hydrogen) atoms. The van der Waals surface area contributed by atoms with E-state index in [-0.39, 0.29) is 0 Å². The Morgan fingerprint density at radius 2 is 1.26 bits per heavy atom. The van der Waals surface area contributed by atoms with Crippen LogP contribution in [0.5, 0.6) is 0 Å². The van der Waals surface area contributed by atoms with E-state index in [0.29, 0.717) is 0 Å². The molecule has 164 valence electrons. The van der Waals surface area contributed by atoms with E-state index in [2.05, 4.69) is 124 Å². The van der Waals surface area contributed by atoms with Crippen LogP contribution < -0.4 is 0 Å². The summed E-state index contributed by atoms with van der Waals surface area (Å²) in [6, 6.07) is 41.1. The fourth-order valence-corrected chi connectivity index (χ4v) is 6.52. The molecule has 0 saturated carbocycles. The summed E-state index contributed by atoms with van der Waals surface area (Å²) in [4.78, 5) is 7.64. The maximum atomic E-state index is 5.14. The van der Waals surface area contributed by atoms with E-state index in [1.54, 1.807) is 0 Å². The number of imidazole rings is 1. The minimum Gasteiger partial charge on any atom is -0.309 e. The number of aromatic nitrogens is 3. The molecule has 0 atom stereocenters. The first-order valence-corrected chi connectivity index (χ1v) is 12.6. The first kappa shape index (κ1) is 19.1. The number of hydrogen-bond donors (Lipinski definition) is 0. The lowest BCUT2D eigenvalue weighted by Gasteiger charge is -2.20. The lowest BCUT2D eigenvalue weighted by atomic mass is 10.1. The minimum absolute atomic E-state index is 0.975. The molecule has 0 spiro atoms. The summed E-state index contributed by atoms with van der Waals surface area (Å²) in [6.45, 7) is 0. The molecule has 0 aliphatic carbocycles. The zero-order valence-corrected chi connectivity index (χ0v) is 19.5. The standard InChI is InChI=1S/C31H19N3S/c1-3-14-25-22(11-1)23-12-2-4-15-26(23)33(25)21-10-7-9-20(19-21)31-32-24-13-8-18-29-30(24)34(31)27-16-5-6-17-28(27)35-29/h1-19H. The highest BCUT2D eigenvalue weighted by molar-refractivity contribution is 7.99. The smallest absolute Gasteiger partial charge is 0.145 e. The third-order valence-corrected chi connectivity index (χ3v) is 8.02. The highest BCUT2D eigenvalue weighted by atomic mass is 32.2. The van der Waals surface area contributed by atoms with Crippen LogP contribution in [0.1, 0.15) is 0 Å². The van der Waals surface area contributed by atoms with Crippen LogP contribution in [0.4, 0.5) is 0 Å². The van der Waals surface area contributed by atoms with Crippen LogP contribution in [0.2, 0.25) is 0 Å². The Balaban J connectivity index is 1.42. The molecule has 8 rings (SSSR count). The van der Waals surface area contributed by atoms with Crippen molar-refractivity contribution in [1.82, 2.24) is 14.1 Å². The normalized spacial score (nSPS) is 12.5. The van der Waals surface area contributed by atoms with Gasteiger partial charge in [-0.2, -0.15) is 0 Å². The molecule has 2 aromatic heterocycles. The average Bonchev–Trinajstić information content (AvgIpc) is 3.47. The van der Waals surface area contributed by atoms with Gasteiger partial charge in [0.05, 0.1) is 27.8 Å². The minimum atomic E-state index is 0.975. The fraction of sp³-hybridized carbons (Fsp3) is 0. The van der Waals surface area contributed by atoms with Gasteiger partial charge in [0.2, 0.25) is 0 Å². The van der Waals surface area contributed by atoms with Crippen molar-refractivity contribution in [2.45, 2.75) is 9.79 Å². The predicted octanol–water partition coefficient (Wildman–Crippen LogP) is 8.25. The largest absolute Gasteiger partial charge is 0.309 e. The highest BCUT2D eigenvalue weighted by Gasteiger charge is 2.24. The zero-order chi connectivity index (χ0) is 22.9. The Morgan fingerprint density at radius 1 is 0.571 bits per heavy atom. The van der Waals surface area contributed by atoms with Crippen LogP contribution in [0.25, 0.3) is 55.6 Å². The maximum absolute atomic E-state index is 5.14. The maximum Gasteiger partial charge on any atom is 0.145 e. The Hall–Kier alpha value is -4.28. The van der Waals surface area contributed by atoms with Crippen molar-refractivity contribution in [2.75, 3.05) is 0 Å². The summed E-state index contributed by atoms with van der Waals surface area (Å²) < 4.78 is 4.70. The molecule has 4 heteroatoms. The number of benzene rings is 5. The number of para-hydroxylation sites is 4. The van der Waals surface area contributed by atoms with Gasteiger partial charge in [0.15, 0.2) is 0 Å². The van der Waals surface area contributed by atoms with E-state index in [1.165, 1.54) is 42.8 Å². The van der Waals surface area contributed by atoms with Crippen LogP contribution in [0, 0.1) is 0 Å².